The van der Waals surface area contributed by atoms with E-state index in [1.807, 2.05) is 42.2 Å². The molecule has 0 aliphatic heterocycles. The number of aromatic nitrogens is 5. The monoisotopic (exact) mass is 254 g/mol. The molecular weight excluding hydrogens is 240 g/mol. The van der Waals surface area contributed by atoms with Gasteiger partial charge in [0.15, 0.2) is 5.82 Å². The predicted octanol–water partition coefficient (Wildman–Crippen LogP) is 1.61. The van der Waals surface area contributed by atoms with Crippen molar-refractivity contribution in [3.8, 4) is 5.82 Å². The Hall–Kier alpha value is -2.63. The maximum atomic E-state index is 4.36. The van der Waals surface area contributed by atoms with Gasteiger partial charge in [0, 0.05) is 25.6 Å². The molecule has 6 heteroatoms. The van der Waals surface area contributed by atoms with E-state index in [2.05, 4.69) is 20.5 Å². The molecule has 0 atom stereocenters. The first-order valence-electron chi connectivity index (χ1n) is 6.00. The molecule has 3 aromatic rings. The Morgan fingerprint density at radius 1 is 1.16 bits per heavy atom. The molecule has 0 fully saturated rings. The summed E-state index contributed by atoms with van der Waals surface area (Å²) in [7, 11) is 1.93. The Kier molecular flexibility index (Phi) is 2.97. The minimum atomic E-state index is 0.722. The van der Waals surface area contributed by atoms with Crippen molar-refractivity contribution in [2.45, 2.75) is 6.54 Å². The van der Waals surface area contributed by atoms with Crippen LogP contribution < -0.4 is 5.32 Å². The van der Waals surface area contributed by atoms with Crippen LogP contribution >= 0.6 is 0 Å². The van der Waals surface area contributed by atoms with Gasteiger partial charge >= 0.3 is 0 Å². The summed E-state index contributed by atoms with van der Waals surface area (Å²) < 4.78 is 3.57. The molecule has 6 nitrogen and oxygen atoms in total. The van der Waals surface area contributed by atoms with Gasteiger partial charge in [-0.2, -0.15) is 10.2 Å². The van der Waals surface area contributed by atoms with Crippen LogP contribution in [0.3, 0.4) is 0 Å². The van der Waals surface area contributed by atoms with Gasteiger partial charge in [-0.1, -0.05) is 0 Å². The molecular formula is C13H14N6. The van der Waals surface area contributed by atoms with Gasteiger partial charge in [-0.15, -0.1) is 0 Å². The van der Waals surface area contributed by atoms with Crippen molar-refractivity contribution in [1.82, 2.24) is 24.5 Å². The third-order valence-electron chi connectivity index (χ3n) is 2.88. The van der Waals surface area contributed by atoms with Crippen molar-refractivity contribution in [3.63, 3.8) is 0 Å². The number of pyridine rings is 1. The zero-order valence-corrected chi connectivity index (χ0v) is 10.6. The lowest BCUT2D eigenvalue weighted by atomic mass is 10.3. The van der Waals surface area contributed by atoms with E-state index < -0.39 is 0 Å². The molecule has 0 aromatic carbocycles. The van der Waals surface area contributed by atoms with Crippen LogP contribution in [0.25, 0.3) is 5.82 Å². The summed E-state index contributed by atoms with van der Waals surface area (Å²) >= 11 is 0. The number of hydrogen-bond donors (Lipinski definition) is 1. The standard InChI is InChI=1S/C13H14N6/c1-18-12(5-7-16-18)10-14-11-3-4-13(15-9-11)19-8-2-6-17-19/h2-9,14H,10H2,1H3. The summed E-state index contributed by atoms with van der Waals surface area (Å²) in [5, 5.41) is 11.6. The SMILES string of the molecule is Cn1nccc1CNc1ccc(-n2cccn2)nc1. The van der Waals surface area contributed by atoms with Gasteiger partial charge in [0.05, 0.1) is 24.1 Å². The molecule has 0 aliphatic rings. The van der Waals surface area contributed by atoms with E-state index in [4.69, 9.17) is 0 Å². The zero-order valence-electron chi connectivity index (χ0n) is 10.6. The zero-order chi connectivity index (χ0) is 13.1. The third-order valence-corrected chi connectivity index (χ3v) is 2.88. The van der Waals surface area contributed by atoms with Gasteiger partial charge < -0.3 is 5.32 Å². The number of aryl methyl sites for hydroxylation is 1. The first-order valence-corrected chi connectivity index (χ1v) is 6.00. The van der Waals surface area contributed by atoms with Crippen molar-refractivity contribution in [2.75, 3.05) is 5.32 Å². The maximum absolute atomic E-state index is 4.36. The Balaban J connectivity index is 1.68. The van der Waals surface area contributed by atoms with Crippen LogP contribution in [0.15, 0.2) is 49.1 Å². The number of nitrogens with zero attached hydrogens (tertiary/aromatic N) is 5. The Morgan fingerprint density at radius 3 is 2.74 bits per heavy atom. The fourth-order valence-electron chi connectivity index (χ4n) is 1.80. The second-order valence-corrected chi connectivity index (χ2v) is 4.16. The first kappa shape index (κ1) is 11.5. The number of rotatable bonds is 4. The van der Waals surface area contributed by atoms with Crippen LogP contribution in [0, 0.1) is 0 Å². The lowest BCUT2D eigenvalue weighted by Gasteiger charge is -2.07. The number of nitrogens with one attached hydrogen (secondary N) is 1. The normalized spacial score (nSPS) is 10.6. The van der Waals surface area contributed by atoms with Gasteiger partial charge in [-0.3, -0.25) is 4.68 Å². The summed E-state index contributed by atoms with van der Waals surface area (Å²) in [6.45, 7) is 0.722. The maximum Gasteiger partial charge on any atom is 0.153 e. The van der Waals surface area contributed by atoms with Crippen LogP contribution in [0.4, 0.5) is 5.69 Å². The molecule has 3 aromatic heterocycles. The molecule has 3 heterocycles. The fourth-order valence-corrected chi connectivity index (χ4v) is 1.80. The molecule has 96 valence electrons. The minimum absolute atomic E-state index is 0.722. The quantitative estimate of drug-likeness (QED) is 0.768. The summed E-state index contributed by atoms with van der Waals surface area (Å²) in [6.07, 6.45) is 7.19. The summed E-state index contributed by atoms with van der Waals surface area (Å²) in [5.41, 5.74) is 2.09. The molecule has 19 heavy (non-hydrogen) atoms. The average molecular weight is 254 g/mol. The lowest BCUT2D eigenvalue weighted by molar-refractivity contribution is 0.720. The third kappa shape index (κ3) is 2.47. The Bertz CT molecular complexity index is 638. The number of anilines is 1. The molecule has 0 radical (unpaired) electrons. The van der Waals surface area contributed by atoms with E-state index in [0.29, 0.717) is 0 Å². The van der Waals surface area contributed by atoms with Crippen molar-refractivity contribution in [1.29, 1.82) is 0 Å². The summed E-state index contributed by atoms with van der Waals surface area (Å²) in [4.78, 5) is 4.36. The molecule has 1 N–H and O–H groups in total. The van der Waals surface area contributed by atoms with Gasteiger partial charge in [-0.25, -0.2) is 9.67 Å². The van der Waals surface area contributed by atoms with Crippen molar-refractivity contribution in [3.05, 3.63) is 54.7 Å². The molecule has 0 amide bonds. The highest BCUT2D eigenvalue weighted by atomic mass is 15.3. The second kappa shape index (κ2) is 4.93. The minimum Gasteiger partial charge on any atom is -0.378 e. The van der Waals surface area contributed by atoms with Gasteiger partial charge in [0.1, 0.15) is 0 Å². The molecule has 0 unspecified atom stereocenters. The summed E-state index contributed by atoms with van der Waals surface area (Å²) in [6, 6.07) is 7.77. The molecule has 0 bridgehead atoms. The summed E-state index contributed by atoms with van der Waals surface area (Å²) in [5.74, 6) is 0.802. The Labute approximate surface area is 110 Å². The van der Waals surface area contributed by atoms with Gasteiger partial charge in [0.2, 0.25) is 0 Å². The highest BCUT2D eigenvalue weighted by molar-refractivity contribution is 5.43. The smallest absolute Gasteiger partial charge is 0.153 e. The van der Waals surface area contributed by atoms with Crippen LogP contribution in [-0.2, 0) is 13.6 Å². The van der Waals surface area contributed by atoms with Crippen molar-refractivity contribution < 1.29 is 0 Å². The highest BCUT2D eigenvalue weighted by Gasteiger charge is 2.00. The van der Waals surface area contributed by atoms with E-state index in [1.165, 1.54) is 0 Å². The highest BCUT2D eigenvalue weighted by Crippen LogP contribution is 2.10. The molecule has 0 saturated heterocycles. The van der Waals surface area contributed by atoms with Gasteiger partial charge in [0.25, 0.3) is 0 Å². The van der Waals surface area contributed by atoms with E-state index in [9.17, 15) is 0 Å². The van der Waals surface area contributed by atoms with E-state index in [0.717, 1.165) is 23.7 Å². The first-order chi connectivity index (χ1) is 9.33. The van der Waals surface area contributed by atoms with Crippen LogP contribution in [0.2, 0.25) is 0 Å². The average Bonchev–Trinajstić information content (AvgIpc) is 3.09. The molecule has 0 saturated carbocycles. The number of hydrogen-bond acceptors (Lipinski definition) is 4. The van der Waals surface area contributed by atoms with E-state index >= 15 is 0 Å². The van der Waals surface area contributed by atoms with Crippen LogP contribution in [-0.4, -0.2) is 24.5 Å². The fraction of sp³-hybridized carbons (Fsp3) is 0.154. The Morgan fingerprint density at radius 2 is 2.11 bits per heavy atom. The largest absolute Gasteiger partial charge is 0.378 e. The van der Waals surface area contributed by atoms with Crippen LogP contribution in [0.5, 0.6) is 0 Å². The van der Waals surface area contributed by atoms with E-state index in [1.54, 1.807) is 23.3 Å². The van der Waals surface area contributed by atoms with Crippen molar-refractivity contribution in [2.24, 2.45) is 7.05 Å². The van der Waals surface area contributed by atoms with Crippen LogP contribution in [0.1, 0.15) is 5.69 Å². The molecule has 3 rings (SSSR count). The second-order valence-electron chi connectivity index (χ2n) is 4.16. The predicted molar refractivity (Wildman–Crippen MR) is 71.9 cm³/mol. The lowest BCUT2D eigenvalue weighted by Crippen LogP contribution is -2.06. The van der Waals surface area contributed by atoms with Gasteiger partial charge in [-0.05, 0) is 24.3 Å². The van der Waals surface area contributed by atoms with Crippen molar-refractivity contribution >= 4 is 5.69 Å². The molecule has 0 aliphatic carbocycles. The topological polar surface area (TPSA) is 60.6 Å². The van der Waals surface area contributed by atoms with E-state index in [-0.39, 0.29) is 0 Å². The molecule has 0 spiro atoms.